The molecule has 12 heteroatoms. The number of nitrogens with one attached hydrogen (secondary N) is 4. The highest BCUT2D eigenvalue weighted by Crippen LogP contribution is 2.29. The van der Waals surface area contributed by atoms with Crippen LogP contribution >= 0.6 is 0 Å². The summed E-state index contributed by atoms with van der Waals surface area (Å²) >= 11 is 0. The molecule has 0 bridgehead atoms. The first-order chi connectivity index (χ1) is 22.2. The van der Waals surface area contributed by atoms with E-state index in [-0.39, 0.29) is 30.1 Å². The summed E-state index contributed by atoms with van der Waals surface area (Å²) in [5, 5.41) is 11.3. The Morgan fingerprint density at radius 2 is 1.32 bits per heavy atom. The quantitative estimate of drug-likeness (QED) is 0.173. The van der Waals surface area contributed by atoms with E-state index in [4.69, 9.17) is 4.74 Å². The van der Waals surface area contributed by atoms with Crippen LogP contribution in [-0.2, 0) is 35.1 Å². The van der Waals surface area contributed by atoms with Crippen molar-refractivity contribution in [2.24, 2.45) is 11.8 Å². The van der Waals surface area contributed by atoms with E-state index in [0.29, 0.717) is 32.3 Å². The van der Waals surface area contributed by atoms with Crippen LogP contribution in [0.25, 0.3) is 0 Å². The second kappa shape index (κ2) is 17.7. The van der Waals surface area contributed by atoms with Crippen molar-refractivity contribution in [3.8, 4) is 0 Å². The zero-order chi connectivity index (χ0) is 34.7. The predicted molar refractivity (Wildman–Crippen MR) is 180 cm³/mol. The van der Waals surface area contributed by atoms with Gasteiger partial charge in [-0.25, -0.2) is 0 Å². The van der Waals surface area contributed by atoms with Gasteiger partial charge < -0.3 is 30.9 Å². The van der Waals surface area contributed by atoms with Gasteiger partial charge >= 0.3 is 0 Å². The van der Waals surface area contributed by atoms with E-state index in [2.05, 4.69) is 31.1 Å². The summed E-state index contributed by atoms with van der Waals surface area (Å²) in [4.78, 5) is 70.8. The number of ketones is 1. The Kier molecular flexibility index (Phi) is 14.4. The van der Waals surface area contributed by atoms with Crippen LogP contribution in [0.2, 0.25) is 0 Å². The molecule has 262 valence electrons. The molecule has 0 aliphatic carbocycles. The molecule has 1 aromatic carbocycles. The molecule has 0 saturated carbocycles. The summed E-state index contributed by atoms with van der Waals surface area (Å²) in [7, 11) is 2.05. The van der Waals surface area contributed by atoms with Crippen LogP contribution in [0.3, 0.4) is 0 Å². The summed E-state index contributed by atoms with van der Waals surface area (Å²) in [6, 6.07) is 6.24. The number of epoxide rings is 1. The highest BCUT2D eigenvalue weighted by Gasteiger charge is 2.50. The molecule has 5 atom stereocenters. The number of Topliss-reactive ketones (excluding diaryl/α,β-unsaturated/α-hetero) is 1. The first kappa shape index (κ1) is 38.1. The van der Waals surface area contributed by atoms with Gasteiger partial charge in [0.15, 0.2) is 5.78 Å². The summed E-state index contributed by atoms with van der Waals surface area (Å²) in [5.41, 5.74) is 0.148. The molecular weight excluding hydrogens is 600 g/mol. The van der Waals surface area contributed by atoms with Crippen LogP contribution in [0, 0.1) is 11.8 Å². The second-order valence-corrected chi connectivity index (χ2v) is 14.2. The largest absolute Gasteiger partial charge is 0.361 e. The summed E-state index contributed by atoms with van der Waals surface area (Å²) < 4.78 is 5.32. The Labute approximate surface area is 280 Å². The fourth-order valence-electron chi connectivity index (χ4n) is 5.65. The number of hydrogen-bond donors (Lipinski definition) is 4. The number of nitrogens with zero attached hydrogens (tertiary/aromatic N) is 2. The standard InChI is InChI=1S/C35H56N6O6/c1-23(2)19-28(31(43)35(6)22-47-35)38-32(44)25(5)36-34(46)29(20-24(3)4)39-33(45)27(14-13-26-11-9-8-10-12-26)37-30(42)21-41-17-15-40(7)16-18-41/h8-12,23-25,27-29H,13-22H2,1-7H3,(H,36,46)(H,37,42)(H,38,44)(H,39,45)/t25-,27-,28?,29-,35+/m0/s1. The molecule has 3 rings (SSSR count). The number of likely N-dealkylation sites (N-methyl/N-ethyl adjacent to an activating group) is 1. The van der Waals surface area contributed by atoms with Gasteiger partial charge in [-0.1, -0.05) is 58.0 Å². The predicted octanol–water partition coefficient (Wildman–Crippen LogP) is 1.28. The minimum Gasteiger partial charge on any atom is -0.361 e. The first-order valence-electron chi connectivity index (χ1n) is 17.0. The van der Waals surface area contributed by atoms with Crippen LogP contribution in [0.5, 0.6) is 0 Å². The van der Waals surface area contributed by atoms with Crippen molar-refractivity contribution >= 4 is 29.4 Å². The molecule has 4 N–H and O–H groups in total. The SMILES string of the molecule is CC(C)CC(NC(=O)[C@H](C)NC(=O)[C@H](CC(C)C)NC(=O)[C@H](CCc1ccccc1)NC(=O)CN1CCN(C)CC1)C(=O)[C@@]1(C)CO1. The fourth-order valence-corrected chi connectivity index (χ4v) is 5.65. The smallest absolute Gasteiger partial charge is 0.243 e. The number of rotatable bonds is 18. The van der Waals surface area contributed by atoms with Gasteiger partial charge in [-0.3, -0.25) is 28.9 Å². The number of carbonyl (C=O) groups is 5. The number of ether oxygens (including phenoxy) is 1. The summed E-state index contributed by atoms with van der Waals surface area (Å²) in [6.45, 7) is 14.9. The maximum atomic E-state index is 13.7. The molecule has 2 aliphatic heterocycles. The van der Waals surface area contributed by atoms with Crippen LogP contribution < -0.4 is 21.3 Å². The third-order valence-electron chi connectivity index (χ3n) is 8.71. The van der Waals surface area contributed by atoms with E-state index in [1.807, 2.05) is 65.1 Å². The van der Waals surface area contributed by atoms with Gasteiger partial charge in [0.25, 0.3) is 0 Å². The molecule has 0 aromatic heterocycles. The lowest BCUT2D eigenvalue weighted by atomic mass is 9.93. The minimum absolute atomic E-state index is 0.0529. The van der Waals surface area contributed by atoms with Gasteiger partial charge in [-0.15, -0.1) is 0 Å². The van der Waals surface area contributed by atoms with Crippen molar-refractivity contribution in [2.75, 3.05) is 46.4 Å². The summed E-state index contributed by atoms with van der Waals surface area (Å²) in [5.74, 6) is -1.67. The van der Waals surface area contributed by atoms with E-state index in [1.54, 1.807) is 13.8 Å². The number of piperazine rings is 1. The maximum absolute atomic E-state index is 13.7. The van der Waals surface area contributed by atoms with E-state index >= 15 is 0 Å². The number of aryl methyl sites for hydroxylation is 1. The Balaban J connectivity index is 1.66. The van der Waals surface area contributed by atoms with Crippen LogP contribution in [-0.4, -0.2) is 115 Å². The lowest BCUT2D eigenvalue weighted by molar-refractivity contribution is -0.135. The fraction of sp³-hybridized carbons (Fsp3) is 0.686. The van der Waals surface area contributed by atoms with Crippen molar-refractivity contribution in [1.29, 1.82) is 0 Å². The summed E-state index contributed by atoms with van der Waals surface area (Å²) in [6.07, 6.45) is 1.69. The zero-order valence-corrected chi connectivity index (χ0v) is 29.3. The molecule has 12 nitrogen and oxygen atoms in total. The normalized spacial score (nSPS) is 21.0. The van der Waals surface area contributed by atoms with Gasteiger partial charge in [0.05, 0.1) is 19.2 Å². The van der Waals surface area contributed by atoms with Crippen LogP contribution in [0.15, 0.2) is 30.3 Å². The van der Waals surface area contributed by atoms with Gasteiger partial charge in [0, 0.05) is 26.2 Å². The van der Waals surface area contributed by atoms with Crippen molar-refractivity contribution in [1.82, 2.24) is 31.1 Å². The zero-order valence-electron chi connectivity index (χ0n) is 29.3. The van der Waals surface area contributed by atoms with Crippen LogP contribution in [0.4, 0.5) is 0 Å². The molecule has 2 aliphatic rings. The monoisotopic (exact) mass is 656 g/mol. The Morgan fingerprint density at radius 3 is 1.89 bits per heavy atom. The number of benzene rings is 1. The second-order valence-electron chi connectivity index (χ2n) is 14.2. The average molecular weight is 657 g/mol. The Hall–Kier alpha value is -3.35. The Bertz CT molecular complexity index is 1210. The van der Waals surface area contributed by atoms with Gasteiger partial charge in [-0.05, 0) is 64.0 Å². The molecule has 0 radical (unpaired) electrons. The lowest BCUT2D eigenvalue weighted by Crippen LogP contribution is -2.58. The van der Waals surface area contributed by atoms with Gasteiger partial charge in [0.1, 0.15) is 23.7 Å². The van der Waals surface area contributed by atoms with E-state index in [0.717, 1.165) is 31.7 Å². The maximum Gasteiger partial charge on any atom is 0.243 e. The van der Waals surface area contributed by atoms with E-state index < -0.39 is 47.5 Å². The topological polar surface area (TPSA) is 152 Å². The molecule has 1 aromatic rings. The average Bonchev–Trinajstić information content (AvgIpc) is 3.77. The highest BCUT2D eigenvalue weighted by atomic mass is 16.6. The number of carbonyl (C=O) groups excluding carboxylic acids is 5. The van der Waals surface area contributed by atoms with Crippen molar-refractivity contribution < 1.29 is 28.7 Å². The molecule has 4 amide bonds. The number of amides is 4. The van der Waals surface area contributed by atoms with Crippen molar-refractivity contribution in [3.05, 3.63) is 35.9 Å². The van der Waals surface area contributed by atoms with E-state index in [9.17, 15) is 24.0 Å². The molecule has 2 fully saturated rings. The third-order valence-corrected chi connectivity index (χ3v) is 8.71. The molecule has 1 unspecified atom stereocenters. The third kappa shape index (κ3) is 12.6. The first-order valence-corrected chi connectivity index (χ1v) is 17.0. The van der Waals surface area contributed by atoms with Gasteiger partial charge in [0.2, 0.25) is 23.6 Å². The molecule has 2 saturated heterocycles. The van der Waals surface area contributed by atoms with Crippen molar-refractivity contribution in [2.45, 2.75) is 97.0 Å². The lowest BCUT2D eigenvalue weighted by Gasteiger charge is -2.32. The van der Waals surface area contributed by atoms with E-state index in [1.165, 1.54) is 0 Å². The van der Waals surface area contributed by atoms with Gasteiger partial charge in [-0.2, -0.15) is 0 Å². The van der Waals surface area contributed by atoms with Crippen LogP contribution in [0.1, 0.15) is 66.4 Å². The molecular formula is C35H56N6O6. The van der Waals surface area contributed by atoms with Crippen molar-refractivity contribution in [3.63, 3.8) is 0 Å². The molecule has 0 spiro atoms. The Morgan fingerprint density at radius 1 is 0.766 bits per heavy atom. The molecule has 47 heavy (non-hydrogen) atoms. The number of hydrogen-bond acceptors (Lipinski definition) is 8. The molecule has 2 heterocycles. The minimum atomic E-state index is -0.957. The highest BCUT2D eigenvalue weighted by molar-refractivity contribution is 5.98.